The number of rotatable bonds is 11. The molecule has 0 amide bonds. The number of nitrogens with two attached hydrogens (primary N) is 1. The summed E-state index contributed by atoms with van der Waals surface area (Å²) in [5, 5.41) is 0. The van der Waals surface area contributed by atoms with Crippen LogP contribution >= 0.6 is 0 Å². The Hall–Kier alpha value is -0.240. The number of ether oxygens (including phenoxy) is 5. The van der Waals surface area contributed by atoms with Crippen molar-refractivity contribution < 1.29 is 23.7 Å². The molecule has 8 bridgehead atoms. The van der Waals surface area contributed by atoms with Crippen molar-refractivity contribution in [3.8, 4) is 0 Å². The van der Waals surface area contributed by atoms with E-state index in [2.05, 4.69) is 222 Å². The molecule has 0 radical (unpaired) electrons. The number of hydrogen-bond donors (Lipinski definition) is 1. The van der Waals surface area contributed by atoms with Gasteiger partial charge in [-0.3, -0.25) is 0 Å². The van der Waals surface area contributed by atoms with Crippen LogP contribution in [0.25, 0.3) is 0 Å². The van der Waals surface area contributed by atoms with E-state index in [9.17, 15) is 0 Å². The molecule has 6 heteroatoms. The topological polar surface area (TPSA) is 72.2 Å². The van der Waals surface area contributed by atoms with Crippen LogP contribution < -0.4 is 5.73 Å². The van der Waals surface area contributed by atoms with Gasteiger partial charge < -0.3 is 29.4 Å². The molecule has 0 spiro atoms. The van der Waals surface area contributed by atoms with Crippen LogP contribution in [0, 0.1) is 109 Å². The predicted octanol–water partition coefficient (Wildman–Crippen LogP) is 24.8. The van der Waals surface area contributed by atoms with E-state index in [1.165, 1.54) is 109 Å². The van der Waals surface area contributed by atoms with Crippen molar-refractivity contribution in [2.24, 2.45) is 115 Å². The standard InChI is InChI=1S/C14H26O.C14H28O.C14H24.C13H24O.C13H26O.C10H20O.C7H17N/c1-12(2,3)15-11-9-10-7-8-14(11,6)13(10,4)5;1-10(2)12-8-7-11(3)9-13(12)15-14(4,5)6;1-13(2,3)14-7-10-4-11(8-14)6-12(5-10)9-14;1-9(2)14-11-12(3,4)10-6-7-13(11,5)8-10;1-9(2)12-7-6-11(5)8-13(12)14-10(3)4;1-10(2,3)11-9-7-5-4-6-8-9;1-5(2)7(8)6(3)4/h10-11H,7-9H2,1-6H3;10-13H,7-9H2,1-6H3;10-12H,4-9H2,1-3H3;9-11H,6-8H2,1-5H3;9-13H,6-8H2,1-5H3;9H,4-8H2,1-3H3;5-7H,8H2,1-4H3/t;11-,12+,13-;;10-,11-,13+;11-,12+,13-;;/m.1.00../s1. The van der Waals surface area contributed by atoms with Crippen LogP contribution in [-0.4, -0.2) is 65.6 Å². The number of hydrogen-bond acceptors (Lipinski definition) is 6. The highest BCUT2D eigenvalue weighted by atomic mass is 16.5. The minimum atomic E-state index is 0.00817. The fourth-order valence-electron chi connectivity index (χ4n) is 20.4. The van der Waals surface area contributed by atoms with Crippen molar-refractivity contribution >= 4 is 0 Å². The molecule has 11 rings (SSSR count). The fourth-order valence-corrected chi connectivity index (χ4v) is 20.4. The summed E-state index contributed by atoms with van der Waals surface area (Å²) in [6.07, 6.45) is 35.5. The molecule has 11 aliphatic rings. The summed E-state index contributed by atoms with van der Waals surface area (Å²) >= 11 is 0. The third kappa shape index (κ3) is 24.3. The molecule has 11 aliphatic carbocycles. The second-order valence-corrected chi connectivity index (χ2v) is 41.0. The molecule has 11 fully saturated rings. The van der Waals surface area contributed by atoms with E-state index in [0.717, 1.165) is 70.5 Å². The second kappa shape index (κ2) is 33.7. The van der Waals surface area contributed by atoms with Gasteiger partial charge in [0.2, 0.25) is 0 Å². The molecule has 2 N–H and O–H groups in total. The molecule has 0 aliphatic heterocycles. The van der Waals surface area contributed by atoms with Gasteiger partial charge in [0, 0.05) is 6.04 Å². The summed E-state index contributed by atoms with van der Waals surface area (Å²) in [6, 6.07) is 0.370. The third-order valence-electron chi connectivity index (χ3n) is 25.9. The van der Waals surface area contributed by atoms with Gasteiger partial charge in [0.15, 0.2) is 0 Å². The van der Waals surface area contributed by atoms with Gasteiger partial charge >= 0.3 is 0 Å². The van der Waals surface area contributed by atoms with Crippen molar-refractivity contribution in [3.05, 3.63) is 0 Å². The Morgan fingerprint density at radius 1 is 0.429 bits per heavy atom. The van der Waals surface area contributed by atoms with Gasteiger partial charge in [-0.15, -0.1) is 0 Å². The highest BCUT2D eigenvalue weighted by molar-refractivity contribution is 5.12. The average Bonchev–Trinajstić information content (AvgIpc) is 1.66. The normalized spacial score (nSPS) is 36.5. The van der Waals surface area contributed by atoms with Crippen LogP contribution in [0.4, 0.5) is 0 Å². The lowest BCUT2D eigenvalue weighted by Crippen LogP contribution is -2.51. The average molecular weight is 1280 g/mol. The quantitative estimate of drug-likeness (QED) is 0.222. The monoisotopic (exact) mass is 1280 g/mol. The molecule has 0 aromatic heterocycles. The van der Waals surface area contributed by atoms with Gasteiger partial charge in [-0.1, -0.05) is 164 Å². The van der Waals surface area contributed by atoms with Gasteiger partial charge in [-0.2, -0.15) is 0 Å². The summed E-state index contributed by atoms with van der Waals surface area (Å²) in [5.41, 5.74) is 8.88. The van der Waals surface area contributed by atoms with E-state index in [0.29, 0.717) is 87.7 Å². The van der Waals surface area contributed by atoms with Crippen molar-refractivity contribution in [1.82, 2.24) is 0 Å². The molecule has 11 saturated carbocycles. The minimum Gasteiger partial charge on any atom is -0.375 e. The molecular weight excluding hydrogens is 1110 g/mol. The van der Waals surface area contributed by atoms with Gasteiger partial charge in [0.25, 0.3) is 0 Å². The zero-order valence-corrected chi connectivity index (χ0v) is 67.5. The van der Waals surface area contributed by atoms with Gasteiger partial charge in [-0.05, 0) is 315 Å². The Morgan fingerprint density at radius 2 is 0.857 bits per heavy atom. The fraction of sp³-hybridized carbons (Fsp3) is 1.00. The molecule has 91 heavy (non-hydrogen) atoms. The first-order valence-corrected chi connectivity index (χ1v) is 39.5. The Bertz CT molecular complexity index is 2000. The molecule has 12 atom stereocenters. The second-order valence-electron chi connectivity index (χ2n) is 41.0. The smallest absolute Gasteiger partial charge is 0.0685 e. The summed E-state index contributed by atoms with van der Waals surface area (Å²) < 4.78 is 30.6. The third-order valence-corrected chi connectivity index (χ3v) is 25.9. The SMILES string of the molecule is CC(C)(C)C12CC3CC(CC(C3)C1)C2.CC(C)(C)OC1CC2CCC1(C)C2(C)C.CC(C)(C)OC1CCCCC1.CC(C)C(N)C(C)C.CC(C)O[C@H]1C(C)(C)[C@H]2CC[C@]1(C)C2.CC(C)O[C@H]1C[C@@H](C)CC[C@@H]1C(C)C.CC(C)[C@@H]1CC[C@@H](C)C[C@H]1OC(C)(C)C. The first-order valence-electron chi connectivity index (χ1n) is 39.5. The first-order chi connectivity index (χ1) is 41.4. The van der Waals surface area contributed by atoms with Crippen LogP contribution in [-0.2, 0) is 23.7 Å². The van der Waals surface area contributed by atoms with Crippen LogP contribution in [0.1, 0.15) is 369 Å². The zero-order valence-electron chi connectivity index (χ0n) is 67.5. The van der Waals surface area contributed by atoms with Gasteiger partial charge in [0.1, 0.15) is 0 Å². The summed E-state index contributed by atoms with van der Waals surface area (Å²) in [4.78, 5) is 0. The molecular formula is C85H165NO5. The Morgan fingerprint density at radius 3 is 1.20 bits per heavy atom. The highest BCUT2D eigenvalue weighted by Gasteiger charge is 2.63. The van der Waals surface area contributed by atoms with E-state index in [1.54, 1.807) is 38.5 Å². The van der Waals surface area contributed by atoms with E-state index in [-0.39, 0.29) is 16.8 Å². The van der Waals surface area contributed by atoms with Crippen molar-refractivity contribution in [1.29, 1.82) is 0 Å². The van der Waals surface area contributed by atoms with E-state index in [4.69, 9.17) is 29.4 Å². The maximum Gasteiger partial charge on any atom is 0.0685 e. The van der Waals surface area contributed by atoms with E-state index in [1.807, 2.05) is 0 Å². The van der Waals surface area contributed by atoms with Crippen LogP contribution in [0.15, 0.2) is 0 Å². The number of fused-ring (bicyclic) bond motifs is 4. The summed E-state index contributed by atoms with van der Waals surface area (Å²) in [5.74, 6) is 11.1. The largest absolute Gasteiger partial charge is 0.375 e. The van der Waals surface area contributed by atoms with Crippen molar-refractivity contribution in [2.45, 2.75) is 435 Å². The molecule has 0 aromatic rings. The lowest BCUT2D eigenvalue weighted by Gasteiger charge is -2.62. The lowest BCUT2D eigenvalue weighted by atomic mass is 9.43. The minimum absolute atomic E-state index is 0.00817. The van der Waals surface area contributed by atoms with E-state index >= 15 is 0 Å². The van der Waals surface area contributed by atoms with Crippen LogP contribution in [0.2, 0.25) is 0 Å². The molecule has 540 valence electrons. The maximum absolute atomic E-state index is 6.27. The summed E-state index contributed by atoms with van der Waals surface area (Å²) in [7, 11) is 0. The summed E-state index contributed by atoms with van der Waals surface area (Å²) in [6.45, 7) is 72.7. The Labute approximate surface area is 570 Å². The maximum atomic E-state index is 6.27. The van der Waals surface area contributed by atoms with Crippen molar-refractivity contribution in [2.75, 3.05) is 0 Å². The molecule has 0 heterocycles. The van der Waals surface area contributed by atoms with Gasteiger partial charge in [0.05, 0.1) is 59.5 Å². The predicted molar refractivity (Wildman–Crippen MR) is 396 cm³/mol. The molecule has 0 aromatic carbocycles. The van der Waals surface area contributed by atoms with Crippen molar-refractivity contribution in [3.63, 3.8) is 0 Å². The van der Waals surface area contributed by atoms with Crippen LogP contribution in [0.5, 0.6) is 0 Å². The Balaban J connectivity index is 0.000000228. The van der Waals surface area contributed by atoms with E-state index < -0.39 is 0 Å². The van der Waals surface area contributed by atoms with Crippen LogP contribution in [0.3, 0.4) is 0 Å². The highest BCUT2D eigenvalue weighted by Crippen LogP contribution is 2.68. The Kier molecular flexibility index (Phi) is 30.8. The molecule has 6 nitrogen and oxygen atoms in total. The molecule has 3 unspecified atom stereocenters. The van der Waals surface area contributed by atoms with Gasteiger partial charge in [-0.25, -0.2) is 0 Å². The zero-order chi connectivity index (χ0) is 69.4. The molecule has 0 saturated heterocycles. The first kappa shape index (κ1) is 83.2. The lowest BCUT2D eigenvalue weighted by molar-refractivity contribution is -0.119.